The first-order chi connectivity index (χ1) is 11.7. The van der Waals surface area contributed by atoms with Gasteiger partial charge in [0.25, 0.3) is 5.91 Å². The highest BCUT2D eigenvalue weighted by Crippen LogP contribution is 2.29. The van der Waals surface area contributed by atoms with Gasteiger partial charge in [-0.15, -0.1) is 11.3 Å². The summed E-state index contributed by atoms with van der Waals surface area (Å²) in [5.74, 6) is 1.82. The van der Waals surface area contributed by atoms with Gasteiger partial charge >= 0.3 is 0 Å². The van der Waals surface area contributed by atoms with E-state index in [-0.39, 0.29) is 12.5 Å². The average molecular weight is 346 g/mol. The Morgan fingerprint density at radius 2 is 2.08 bits per heavy atom. The maximum absolute atomic E-state index is 12.4. The van der Waals surface area contributed by atoms with Gasteiger partial charge in [-0.2, -0.15) is 0 Å². The molecule has 2 aromatic rings. The molecule has 1 aliphatic heterocycles. The molecule has 0 N–H and O–H groups in total. The van der Waals surface area contributed by atoms with E-state index in [0.717, 1.165) is 36.7 Å². The second kappa shape index (κ2) is 7.66. The molecular weight excluding hydrogens is 324 g/mol. The van der Waals surface area contributed by atoms with Crippen molar-refractivity contribution in [3.05, 3.63) is 40.3 Å². The third-order valence-electron chi connectivity index (χ3n) is 4.18. The normalized spacial score (nSPS) is 17.6. The molecule has 0 aliphatic carbocycles. The van der Waals surface area contributed by atoms with E-state index in [9.17, 15) is 4.79 Å². The number of hydrogen-bond acceptors (Lipinski definition) is 5. The van der Waals surface area contributed by atoms with Gasteiger partial charge in [0.1, 0.15) is 11.5 Å². The number of likely N-dealkylation sites (tertiary alicyclic amines) is 1. The molecule has 2 heterocycles. The van der Waals surface area contributed by atoms with E-state index in [1.807, 2.05) is 35.4 Å². The van der Waals surface area contributed by atoms with Gasteiger partial charge in [0.05, 0.1) is 12.1 Å². The Kier molecular flexibility index (Phi) is 5.35. The predicted molar refractivity (Wildman–Crippen MR) is 93.9 cm³/mol. The van der Waals surface area contributed by atoms with Crippen molar-refractivity contribution in [2.45, 2.75) is 25.7 Å². The average Bonchev–Trinajstić information content (AvgIpc) is 3.06. The molecule has 1 saturated heterocycles. The zero-order valence-electron chi connectivity index (χ0n) is 14.0. The van der Waals surface area contributed by atoms with Crippen molar-refractivity contribution in [3.8, 4) is 11.5 Å². The summed E-state index contributed by atoms with van der Waals surface area (Å²) in [7, 11) is 1.62. The molecule has 1 atom stereocenters. The summed E-state index contributed by atoms with van der Waals surface area (Å²) in [6.07, 6.45) is 4.02. The number of aromatic nitrogens is 1. The van der Waals surface area contributed by atoms with Crippen LogP contribution in [0, 0.1) is 6.92 Å². The number of rotatable bonds is 5. The van der Waals surface area contributed by atoms with Gasteiger partial charge in [0.15, 0.2) is 6.61 Å². The van der Waals surface area contributed by atoms with E-state index in [2.05, 4.69) is 11.9 Å². The van der Waals surface area contributed by atoms with Gasteiger partial charge < -0.3 is 14.4 Å². The number of hydrogen-bond donors (Lipinski definition) is 0. The lowest BCUT2D eigenvalue weighted by molar-refractivity contribution is -0.134. The summed E-state index contributed by atoms with van der Waals surface area (Å²) in [6, 6.07) is 7.26. The van der Waals surface area contributed by atoms with E-state index in [1.165, 1.54) is 4.88 Å². The Balaban J connectivity index is 1.54. The van der Waals surface area contributed by atoms with Crippen LogP contribution in [0.1, 0.15) is 28.6 Å². The first-order valence-electron chi connectivity index (χ1n) is 8.12. The van der Waals surface area contributed by atoms with Crippen molar-refractivity contribution < 1.29 is 14.3 Å². The minimum Gasteiger partial charge on any atom is -0.497 e. The summed E-state index contributed by atoms with van der Waals surface area (Å²) in [5, 5.41) is 1.14. The lowest BCUT2D eigenvalue weighted by atomic mass is 9.99. The largest absolute Gasteiger partial charge is 0.497 e. The number of thiazole rings is 1. The molecule has 128 valence electrons. The molecule has 0 spiro atoms. The van der Waals surface area contributed by atoms with Crippen LogP contribution in [0.25, 0.3) is 0 Å². The molecule has 1 unspecified atom stereocenters. The third-order valence-corrected chi connectivity index (χ3v) is 5.26. The van der Waals surface area contributed by atoms with Gasteiger partial charge in [-0.1, -0.05) is 0 Å². The maximum atomic E-state index is 12.4. The number of amides is 1. The molecule has 1 fully saturated rings. The van der Waals surface area contributed by atoms with Crippen LogP contribution in [0.5, 0.6) is 11.5 Å². The van der Waals surface area contributed by atoms with Gasteiger partial charge in [0.2, 0.25) is 0 Å². The standard InChI is InChI=1S/C18H22N2O3S/c1-13-10-19-18(24-13)14-4-3-9-20(11-14)17(21)12-23-16-7-5-15(22-2)6-8-16/h5-8,10,14H,3-4,9,11-12H2,1-2H3. The van der Waals surface area contributed by atoms with E-state index >= 15 is 0 Å². The van der Waals surface area contributed by atoms with Crippen molar-refractivity contribution in [1.82, 2.24) is 9.88 Å². The molecule has 24 heavy (non-hydrogen) atoms. The summed E-state index contributed by atoms with van der Waals surface area (Å²) in [4.78, 5) is 20.0. The monoisotopic (exact) mass is 346 g/mol. The van der Waals surface area contributed by atoms with Crippen LogP contribution in [0.15, 0.2) is 30.5 Å². The van der Waals surface area contributed by atoms with Crippen LogP contribution in [-0.2, 0) is 4.79 Å². The molecule has 1 aromatic carbocycles. The molecule has 0 radical (unpaired) electrons. The second-order valence-corrected chi connectivity index (χ2v) is 7.22. The number of nitrogens with zero attached hydrogens (tertiary/aromatic N) is 2. The van der Waals surface area contributed by atoms with Crippen molar-refractivity contribution >= 4 is 17.2 Å². The molecule has 5 nitrogen and oxygen atoms in total. The summed E-state index contributed by atoms with van der Waals surface area (Å²) in [5.41, 5.74) is 0. The van der Waals surface area contributed by atoms with Crippen molar-refractivity contribution in [1.29, 1.82) is 0 Å². The number of benzene rings is 1. The molecule has 1 aromatic heterocycles. The molecule has 0 bridgehead atoms. The highest BCUT2D eigenvalue weighted by molar-refractivity contribution is 7.11. The Labute approximate surface area is 146 Å². The fourth-order valence-corrected chi connectivity index (χ4v) is 3.77. The first-order valence-corrected chi connectivity index (χ1v) is 8.94. The molecule has 6 heteroatoms. The quantitative estimate of drug-likeness (QED) is 0.834. The van der Waals surface area contributed by atoms with E-state index in [1.54, 1.807) is 18.4 Å². The van der Waals surface area contributed by atoms with Gasteiger partial charge in [-0.25, -0.2) is 4.98 Å². The number of carbonyl (C=O) groups excluding carboxylic acids is 1. The SMILES string of the molecule is COc1ccc(OCC(=O)N2CCCC(c3ncc(C)s3)C2)cc1. The Hall–Kier alpha value is -2.08. The fourth-order valence-electron chi connectivity index (χ4n) is 2.87. The zero-order valence-corrected chi connectivity index (χ0v) is 14.8. The zero-order chi connectivity index (χ0) is 16.9. The van der Waals surface area contributed by atoms with Crippen LogP contribution < -0.4 is 9.47 Å². The van der Waals surface area contributed by atoms with Gasteiger partial charge in [0, 0.05) is 30.1 Å². The van der Waals surface area contributed by atoms with Crippen LogP contribution in [0.3, 0.4) is 0 Å². The Bertz CT molecular complexity index is 684. The van der Waals surface area contributed by atoms with Gasteiger partial charge in [-0.3, -0.25) is 4.79 Å². The Morgan fingerprint density at radius 3 is 2.75 bits per heavy atom. The van der Waals surface area contributed by atoms with Crippen molar-refractivity contribution in [2.24, 2.45) is 0 Å². The number of methoxy groups -OCH3 is 1. The topological polar surface area (TPSA) is 51.7 Å². The van der Waals surface area contributed by atoms with Crippen LogP contribution in [-0.4, -0.2) is 42.6 Å². The lowest BCUT2D eigenvalue weighted by Gasteiger charge is -2.31. The van der Waals surface area contributed by atoms with Gasteiger partial charge in [-0.05, 0) is 44.0 Å². The van der Waals surface area contributed by atoms with E-state index in [0.29, 0.717) is 11.7 Å². The fraction of sp³-hybridized carbons (Fsp3) is 0.444. The minimum atomic E-state index is 0.0313. The number of piperidine rings is 1. The molecule has 3 rings (SSSR count). The van der Waals surface area contributed by atoms with Crippen LogP contribution >= 0.6 is 11.3 Å². The second-order valence-electron chi connectivity index (χ2n) is 5.95. The van der Waals surface area contributed by atoms with Crippen LogP contribution in [0.4, 0.5) is 0 Å². The van der Waals surface area contributed by atoms with Crippen LogP contribution in [0.2, 0.25) is 0 Å². The van der Waals surface area contributed by atoms with Crippen molar-refractivity contribution in [3.63, 3.8) is 0 Å². The molecule has 0 saturated carbocycles. The molecule has 1 aliphatic rings. The summed E-state index contributed by atoms with van der Waals surface area (Å²) in [6.45, 7) is 3.66. The summed E-state index contributed by atoms with van der Waals surface area (Å²) >= 11 is 1.73. The minimum absolute atomic E-state index is 0.0313. The van der Waals surface area contributed by atoms with Crippen molar-refractivity contribution in [2.75, 3.05) is 26.8 Å². The third kappa shape index (κ3) is 4.06. The smallest absolute Gasteiger partial charge is 0.260 e. The van der Waals surface area contributed by atoms with E-state index < -0.39 is 0 Å². The van der Waals surface area contributed by atoms with E-state index in [4.69, 9.17) is 9.47 Å². The first kappa shape index (κ1) is 16.8. The molecule has 1 amide bonds. The highest BCUT2D eigenvalue weighted by Gasteiger charge is 2.26. The molecular formula is C18H22N2O3S. The Morgan fingerprint density at radius 1 is 1.33 bits per heavy atom. The summed E-state index contributed by atoms with van der Waals surface area (Å²) < 4.78 is 10.7. The predicted octanol–water partition coefficient (Wildman–Crippen LogP) is 3.25. The lowest BCUT2D eigenvalue weighted by Crippen LogP contribution is -2.41. The number of aryl methyl sites for hydroxylation is 1. The highest BCUT2D eigenvalue weighted by atomic mass is 32.1. The number of ether oxygens (including phenoxy) is 2. The number of carbonyl (C=O) groups is 1. The maximum Gasteiger partial charge on any atom is 0.260 e.